The highest BCUT2D eigenvalue weighted by atomic mass is 14.3. The van der Waals surface area contributed by atoms with E-state index in [2.05, 4.69) is 0 Å². The van der Waals surface area contributed by atoms with Gasteiger partial charge in [0.05, 0.1) is 0 Å². The summed E-state index contributed by atoms with van der Waals surface area (Å²) in [7, 11) is 0. The van der Waals surface area contributed by atoms with Crippen molar-refractivity contribution in [1.82, 2.24) is 0 Å². The van der Waals surface area contributed by atoms with Crippen LogP contribution in [0.5, 0.6) is 0 Å². The van der Waals surface area contributed by atoms with Crippen molar-refractivity contribution in [2.24, 2.45) is 11.8 Å². The molecule has 2 unspecified atom stereocenters. The normalized spacial score (nSPS) is 39.3. The van der Waals surface area contributed by atoms with Gasteiger partial charge in [0.1, 0.15) is 0 Å². The number of hydrogen-bond acceptors (Lipinski definition) is 0. The first kappa shape index (κ1) is 7.64. The molecule has 0 radical (unpaired) electrons. The second-order valence-electron chi connectivity index (χ2n) is 4.44. The largest absolute Gasteiger partial charge is 0.0533 e. The lowest BCUT2D eigenvalue weighted by molar-refractivity contribution is 0.151. The molecule has 64 valence electrons. The molecule has 0 amide bonds. The molecule has 0 spiro atoms. The van der Waals surface area contributed by atoms with E-state index in [9.17, 15) is 0 Å². The molecule has 11 heavy (non-hydrogen) atoms. The summed E-state index contributed by atoms with van der Waals surface area (Å²) in [5.74, 6) is 2.32. The minimum atomic E-state index is 1.16. The van der Waals surface area contributed by atoms with Gasteiger partial charge >= 0.3 is 0 Å². The van der Waals surface area contributed by atoms with Crippen LogP contribution in [0.1, 0.15) is 57.8 Å². The number of rotatable bonds is 0. The van der Waals surface area contributed by atoms with Crippen molar-refractivity contribution in [3.8, 4) is 0 Å². The average Bonchev–Trinajstić information content (AvgIpc) is 2.04. The zero-order chi connectivity index (χ0) is 7.52. The van der Waals surface area contributed by atoms with Gasteiger partial charge in [-0.2, -0.15) is 0 Å². The molecule has 2 fully saturated rings. The Kier molecular flexibility index (Phi) is 2.50. The summed E-state index contributed by atoms with van der Waals surface area (Å²) in [5.41, 5.74) is 0. The maximum atomic E-state index is 1.56. The van der Waals surface area contributed by atoms with E-state index in [0.29, 0.717) is 0 Å². The van der Waals surface area contributed by atoms with E-state index < -0.39 is 0 Å². The molecule has 0 aromatic heterocycles. The maximum Gasteiger partial charge on any atom is -0.0386 e. The van der Waals surface area contributed by atoms with Crippen molar-refractivity contribution in [1.29, 1.82) is 0 Å². The highest BCUT2D eigenvalue weighted by molar-refractivity contribution is 4.81. The SMILES string of the molecule is C1CCCC2CCC2CCC1. The molecule has 0 heterocycles. The van der Waals surface area contributed by atoms with E-state index in [1.165, 1.54) is 32.1 Å². The van der Waals surface area contributed by atoms with Crippen LogP contribution in [0.2, 0.25) is 0 Å². The third kappa shape index (κ3) is 1.77. The fourth-order valence-electron chi connectivity index (χ4n) is 2.74. The minimum absolute atomic E-state index is 1.16. The Morgan fingerprint density at radius 3 is 1.36 bits per heavy atom. The van der Waals surface area contributed by atoms with Crippen molar-refractivity contribution >= 4 is 0 Å². The average molecular weight is 152 g/mol. The second-order valence-corrected chi connectivity index (χ2v) is 4.44. The van der Waals surface area contributed by atoms with Crippen LogP contribution in [0, 0.1) is 11.8 Å². The fraction of sp³-hybridized carbons (Fsp3) is 1.00. The van der Waals surface area contributed by atoms with Gasteiger partial charge in [0, 0.05) is 0 Å². The Hall–Kier alpha value is 0. The molecule has 0 N–H and O–H groups in total. The van der Waals surface area contributed by atoms with Gasteiger partial charge in [-0.15, -0.1) is 0 Å². The summed E-state index contributed by atoms with van der Waals surface area (Å²) in [4.78, 5) is 0. The lowest BCUT2D eigenvalue weighted by atomic mass is 9.69. The van der Waals surface area contributed by atoms with Crippen LogP contribution in [0.15, 0.2) is 0 Å². The van der Waals surface area contributed by atoms with Gasteiger partial charge in [-0.1, -0.05) is 44.9 Å². The molecule has 0 saturated heterocycles. The Bertz CT molecular complexity index is 103. The molecule has 2 rings (SSSR count). The molecule has 0 aliphatic heterocycles. The second kappa shape index (κ2) is 3.60. The summed E-state index contributed by atoms with van der Waals surface area (Å²) in [6.45, 7) is 0. The number of hydrogen-bond donors (Lipinski definition) is 0. The Labute approximate surface area is 70.4 Å². The summed E-state index contributed by atoms with van der Waals surface area (Å²) in [6.07, 6.45) is 13.8. The molecule has 2 aliphatic carbocycles. The van der Waals surface area contributed by atoms with Crippen molar-refractivity contribution in [3.63, 3.8) is 0 Å². The highest BCUT2D eigenvalue weighted by Gasteiger charge is 2.29. The highest BCUT2D eigenvalue weighted by Crippen LogP contribution is 2.41. The van der Waals surface area contributed by atoms with Crippen LogP contribution in [0.25, 0.3) is 0 Å². The van der Waals surface area contributed by atoms with Gasteiger partial charge < -0.3 is 0 Å². The zero-order valence-electron chi connectivity index (χ0n) is 7.52. The van der Waals surface area contributed by atoms with Crippen LogP contribution in [0.3, 0.4) is 0 Å². The Morgan fingerprint density at radius 2 is 0.909 bits per heavy atom. The monoisotopic (exact) mass is 152 g/mol. The Balaban J connectivity index is 1.81. The third-order valence-corrected chi connectivity index (χ3v) is 3.72. The van der Waals surface area contributed by atoms with Crippen LogP contribution in [-0.4, -0.2) is 0 Å². The predicted octanol–water partition coefficient (Wildman–Crippen LogP) is 3.76. The summed E-state index contributed by atoms with van der Waals surface area (Å²) < 4.78 is 0. The maximum absolute atomic E-state index is 1.56. The van der Waals surface area contributed by atoms with Gasteiger partial charge in [0.15, 0.2) is 0 Å². The zero-order valence-corrected chi connectivity index (χ0v) is 7.52. The molecule has 2 saturated carbocycles. The first-order chi connectivity index (χ1) is 5.47. The molecule has 2 aliphatic rings. The molecule has 0 nitrogen and oxygen atoms in total. The van der Waals surface area contributed by atoms with Crippen molar-refractivity contribution in [3.05, 3.63) is 0 Å². The smallest absolute Gasteiger partial charge is 0.0386 e. The van der Waals surface area contributed by atoms with E-state index in [0.717, 1.165) is 11.8 Å². The summed E-state index contributed by atoms with van der Waals surface area (Å²) in [5, 5.41) is 0. The Morgan fingerprint density at radius 1 is 0.455 bits per heavy atom. The molecule has 0 heteroatoms. The van der Waals surface area contributed by atoms with Crippen LogP contribution in [-0.2, 0) is 0 Å². The fourth-order valence-corrected chi connectivity index (χ4v) is 2.74. The molecule has 0 bridgehead atoms. The van der Waals surface area contributed by atoms with Crippen molar-refractivity contribution < 1.29 is 0 Å². The number of fused-ring (bicyclic) bond motifs is 1. The van der Waals surface area contributed by atoms with E-state index in [1.54, 1.807) is 25.7 Å². The van der Waals surface area contributed by atoms with Crippen LogP contribution < -0.4 is 0 Å². The van der Waals surface area contributed by atoms with Gasteiger partial charge in [-0.3, -0.25) is 0 Å². The van der Waals surface area contributed by atoms with Crippen molar-refractivity contribution in [2.45, 2.75) is 57.8 Å². The quantitative estimate of drug-likeness (QED) is 0.496. The van der Waals surface area contributed by atoms with E-state index in [4.69, 9.17) is 0 Å². The molecular weight excluding hydrogens is 132 g/mol. The summed E-state index contributed by atoms with van der Waals surface area (Å²) in [6, 6.07) is 0. The van der Waals surface area contributed by atoms with Crippen LogP contribution in [0.4, 0.5) is 0 Å². The lowest BCUT2D eigenvalue weighted by Crippen LogP contribution is -2.25. The predicted molar refractivity (Wildman–Crippen MR) is 48.5 cm³/mol. The van der Waals surface area contributed by atoms with Gasteiger partial charge in [-0.25, -0.2) is 0 Å². The first-order valence-corrected chi connectivity index (χ1v) is 5.47. The lowest BCUT2D eigenvalue weighted by Gasteiger charge is -2.36. The van der Waals surface area contributed by atoms with Gasteiger partial charge in [0.2, 0.25) is 0 Å². The van der Waals surface area contributed by atoms with E-state index >= 15 is 0 Å². The molecule has 0 aromatic rings. The van der Waals surface area contributed by atoms with Gasteiger partial charge in [-0.05, 0) is 24.7 Å². The first-order valence-electron chi connectivity index (χ1n) is 5.47. The topological polar surface area (TPSA) is 0 Å². The van der Waals surface area contributed by atoms with Crippen molar-refractivity contribution in [2.75, 3.05) is 0 Å². The summed E-state index contributed by atoms with van der Waals surface area (Å²) >= 11 is 0. The van der Waals surface area contributed by atoms with Gasteiger partial charge in [0.25, 0.3) is 0 Å². The standard InChI is InChI=1S/C11H20/c1-2-4-6-10-8-9-11(10)7-5-3-1/h10-11H,1-9H2. The molecular formula is C11H20. The van der Waals surface area contributed by atoms with Crippen LogP contribution >= 0.6 is 0 Å². The minimum Gasteiger partial charge on any atom is -0.0533 e. The molecule has 2 atom stereocenters. The third-order valence-electron chi connectivity index (χ3n) is 3.72. The van der Waals surface area contributed by atoms with E-state index in [1.807, 2.05) is 0 Å². The van der Waals surface area contributed by atoms with E-state index in [-0.39, 0.29) is 0 Å². The molecule has 0 aromatic carbocycles.